The molecular weight excluding hydrogens is 330 g/mol. The van der Waals surface area contributed by atoms with E-state index in [0.717, 1.165) is 33.5 Å². The van der Waals surface area contributed by atoms with Crippen molar-refractivity contribution < 1.29 is 14.7 Å². The highest BCUT2D eigenvalue weighted by atomic mass is 79.9. The highest BCUT2D eigenvalue weighted by molar-refractivity contribution is 9.11. The van der Waals surface area contributed by atoms with Crippen molar-refractivity contribution in [3.05, 3.63) is 20.3 Å². The van der Waals surface area contributed by atoms with Gasteiger partial charge in [0.1, 0.15) is 0 Å². The minimum atomic E-state index is -0.744. The quantitative estimate of drug-likeness (QED) is 0.706. The van der Waals surface area contributed by atoms with Gasteiger partial charge in [-0.2, -0.15) is 0 Å². The van der Waals surface area contributed by atoms with Crippen molar-refractivity contribution in [1.29, 1.82) is 0 Å². The number of hydrogen-bond donors (Lipinski definition) is 2. The van der Waals surface area contributed by atoms with E-state index in [1.165, 1.54) is 11.3 Å². The molecule has 1 heterocycles. The van der Waals surface area contributed by atoms with Crippen LogP contribution in [0.3, 0.4) is 0 Å². The van der Waals surface area contributed by atoms with Gasteiger partial charge in [0.2, 0.25) is 0 Å². The van der Waals surface area contributed by atoms with Crippen LogP contribution in [0.1, 0.15) is 47.3 Å². The van der Waals surface area contributed by atoms with Gasteiger partial charge in [0.05, 0.1) is 8.66 Å². The average molecular weight is 348 g/mol. The minimum absolute atomic E-state index is 0.0377. The maximum atomic E-state index is 11.8. The van der Waals surface area contributed by atoms with Crippen LogP contribution in [0.25, 0.3) is 0 Å². The fourth-order valence-electron chi connectivity index (χ4n) is 1.62. The Balaban J connectivity index is 2.12. The van der Waals surface area contributed by atoms with Gasteiger partial charge in [-0.3, -0.25) is 9.59 Å². The molecule has 0 fully saturated rings. The first-order chi connectivity index (χ1) is 9.00. The molecule has 0 bridgehead atoms. The standard InChI is InChI=1S/C13H18BrNO3S/c1-9-8-10(19-12(9)14)13(18)15-7-5-3-2-4-6-11(16)17/h8H,2-7H2,1H3,(H,15,18)(H,16,17). The zero-order valence-corrected chi connectivity index (χ0v) is 13.3. The second-order valence-corrected chi connectivity index (χ2v) is 6.75. The Kier molecular flexibility index (Phi) is 7.09. The van der Waals surface area contributed by atoms with Crippen molar-refractivity contribution in [1.82, 2.24) is 5.32 Å². The molecule has 0 radical (unpaired) electrons. The Morgan fingerprint density at radius 1 is 1.32 bits per heavy atom. The zero-order valence-electron chi connectivity index (χ0n) is 10.9. The molecule has 4 nitrogen and oxygen atoms in total. The van der Waals surface area contributed by atoms with E-state index in [1.807, 2.05) is 13.0 Å². The Hall–Kier alpha value is -0.880. The van der Waals surface area contributed by atoms with Gasteiger partial charge < -0.3 is 10.4 Å². The summed E-state index contributed by atoms with van der Waals surface area (Å²) in [6.45, 7) is 2.60. The van der Waals surface area contributed by atoms with E-state index in [0.29, 0.717) is 13.0 Å². The van der Waals surface area contributed by atoms with Crippen molar-refractivity contribution in [2.45, 2.75) is 39.0 Å². The number of thiophene rings is 1. The van der Waals surface area contributed by atoms with E-state index in [2.05, 4.69) is 21.2 Å². The molecule has 1 rings (SSSR count). The predicted molar refractivity (Wildman–Crippen MR) is 79.8 cm³/mol. The van der Waals surface area contributed by atoms with E-state index in [4.69, 9.17) is 5.11 Å². The fourth-order valence-corrected chi connectivity index (χ4v) is 3.07. The summed E-state index contributed by atoms with van der Waals surface area (Å²) in [5.41, 5.74) is 1.07. The van der Waals surface area contributed by atoms with Crippen LogP contribution in [0.2, 0.25) is 0 Å². The number of unbranched alkanes of at least 4 members (excludes halogenated alkanes) is 3. The Morgan fingerprint density at radius 3 is 2.58 bits per heavy atom. The number of hydrogen-bond acceptors (Lipinski definition) is 3. The van der Waals surface area contributed by atoms with E-state index in [9.17, 15) is 9.59 Å². The monoisotopic (exact) mass is 347 g/mol. The van der Waals surface area contributed by atoms with Crippen LogP contribution in [-0.2, 0) is 4.79 Å². The third kappa shape index (κ3) is 6.20. The number of rotatable bonds is 8. The molecule has 2 N–H and O–H groups in total. The van der Waals surface area contributed by atoms with Gasteiger partial charge in [-0.1, -0.05) is 12.8 Å². The lowest BCUT2D eigenvalue weighted by Gasteiger charge is -2.03. The molecule has 19 heavy (non-hydrogen) atoms. The molecule has 0 aliphatic carbocycles. The molecule has 0 unspecified atom stereocenters. The van der Waals surface area contributed by atoms with Crippen molar-refractivity contribution in [3.63, 3.8) is 0 Å². The second kappa shape index (κ2) is 8.32. The van der Waals surface area contributed by atoms with Gasteiger partial charge in [-0.05, 0) is 47.3 Å². The maximum Gasteiger partial charge on any atom is 0.303 e. The molecular formula is C13H18BrNO3S. The molecule has 0 saturated heterocycles. The number of halogens is 1. The summed E-state index contributed by atoms with van der Waals surface area (Å²) >= 11 is 4.83. The Labute approximate surface area is 125 Å². The lowest BCUT2D eigenvalue weighted by atomic mass is 10.1. The van der Waals surface area contributed by atoms with Crippen LogP contribution in [-0.4, -0.2) is 23.5 Å². The summed E-state index contributed by atoms with van der Waals surface area (Å²) in [6, 6.07) is 1.87. The number of aliphatic carboxylic acids is 1. The summed E-state index contributed by atoms with van der Waals surface area (Å²) < 4.78 is 0.992. The molecule has 0 saturated carbocycles. The molecule has 6 heteroatoms. The number of carboxylic acid groups (broad SMARTS) is 1. The molecule has 1 aromatic heterocycles. The molecule has 0 atom stereocenters. The second-order valence-electron chi connectivity index (χ2n) is 4.38. The first-order valence-corrected chi connectivity index (χ1v) is 7.87. The number of carbonyl (C=O) groups is 2. The zero-order chi connectivity index (χ0) is 14.3. The number of nitrogens with one attached hydrogen (secondary N) is 1. The van der Waals surface area contributed by atoms with Crippen LogP contribution >= 0.6 is 27.3 Å². The predicted octanol–water partition coefficient (Wildman–Crippen LogP) is 3.58. The van der Waals surface area contributed by atoms with Crippen molar-refractivity contribution in [2.75, 3.05) is 6.54 Å². The smallest absolute Gasteiger partial charge is 0.303 e. The van der Waals surface area contributed by atoms with E-state index < -0.39 is 5.97 Å². The topological polar surface area (TPSA) is 66.4 Å². The maximum absolute atomic E-state index is 11.8. The molecule has 1 aromatic rings. The number of carboxylic acids is 1. The third-order valence-corrected chi connectivity index (χ3v) is 4.82. The minimum Gasteiger partial charge on any atom is -0.481 e. The highest BCUT2D eigenvalue weighted by Crippen LogP contribution is 2.27. The van der Waals surface area contributed by atoms with Crippen LogP contribution in [0.5, 0.6) is 0 Å². The molecule has 106 valence electrons. The molecule has 0 spiro atoms. The van der Waals surface area contributed by atoms with Gasteiger partial charge in [-0.15, -0.1) is 11.3 Å². The van der Waals surface area contributed by atoms with Gasteiger partial charge >= 0.3 is 5.97 Å². The van der Waals surface area contributed by atoms with Gasteiger partial charge in [0.15, 0.2) is 0 Å². The Morgan fingerprint density at radius 2 is 2.00 bits per heavy atom. The van der Waals surface area contributed by atoms with Crippen molar-refractivity contribution >= 4 is 39.1 Å². The van der Waals surface area contributed by atoms with Crippen molar-refractivity contribution in [2.24, 2.45) is 0 Å². The number of aryl methyl sites for hydroxylation is 1. The van der Waals surface area contributed by atoms with Crippen LogP contribution in [0.4, 0.5) is 0 Å². The summed E-state index contributed by atoms with van der Waals surface area (Å²) in [6.07, 6.45) is 3.67. The van der Waals surface area contributed by atoms with Crippen molar-refractivity contribution in [3.8, 4) is 0 Å². The SMILES string of the molecule is Cc1cc(C(=O)NCCCCCCC(=O)O)sc1Br. The first-order valence-electron chi connectivity index (χ1n) is 6.26. The summed E-state index contributed by atoms with van der Waals surface area (Å²) in [5, 5.41) is 11.4. The number of amides is 1. The average Bonchev–Trinajstić information content (AvgIpc) is 2.68. The summed E-state index contributed by atoms with van der Waals surface area (Å²) in [7, 11) is 0. The summed E-state index contributed by atoms with van der Waals surface area (Å²) in [5.74, 6) is -0.781. The van der Waals surface area contributed by atoms with Crippen LogP contribution in [0, 0.1) is 6.92 Å². The van der Waals surface area contributed by atoms with E-state index >= 15 is 0 Å². The normalized spacial score (nSPS) is 10.4. The van der Waals surface area contributed by atoms with Crippen LogP contribution in [0.15, 0.2) is 9.85 Å². The number of carbonyl (C=O) groups excluding carboxylic acids is 1. The molecule has 1 amide bonds. The van der Waals surface area contributed by atoms with E-state index in [-0.39, 0.29) is 12.3 Å². The largest absolute Gasteiger partial charge is 0.481 e. The lowest BCUT2D eigenvalue weighted by Crippen LogP contribution is -2.23. The molecule has 0 aromatic carbocycles. The van der Waals surface area contributed by atoms with E-state index in [1.54, 1.807) is 0 Å². The fraction of sp³-hybridized carbons (Fsp3) is 0.538. The lowest BCUT2D eigenvalue weighted by molar-refractivity contribution is -0.137. The van der Waals surface area contributed by atoms with Gasteiger partial charge in [-0.25, -0.2) is 0 Å². The Bertz CT molecular complexity index is 426. The summed E-state index contributed by atoms with van der Waals surface area (Å²) in [4.78, 5) is 22.8. The first kappa shape index (κ1) is 16.2. The van der Waals surface area contributed by atoms with Gasteiger partial charge in [0.25, 0.3) is 5.91 Å². The molecule has 0 aliphatic heterocycles. The third-order valence-electron chi connectivity index (χ3n) is 2.68. The molecule has 0 aliphatic rings. The van der Waals surface area contributed by atoms with Crippen LogP contribution < -0.4 is 5.32 Å². The highest BCUT2D eigenvalue weighted by Gasteiger charge is 2.10. The van der Waals surface area contributed by atoms with Gasteiger partial charge in [0, 0.05) is 13.0 Å².